The SMILES string of the molecule is Cc1ccc(C2C3C=CC(CC3)N2C(=O)OCc2ccccc2)cc1. The van der Waals surface area contributed by atoms with Crippen LogP contribution < -0.4 is 0 Å². The molecule has 0 spiro atoms. The number of hydrogen-bond acceptors (Lipinski definition) is 2. The number of benzene rings is 2. The van der Waals surface area contributed by atoms with Gasteiger partial charge >= 0.3 is 6.09 Å². The predicted molar refractivity (Wildman–Crippen MR) is 98.0 cm³/mol. The first-order chi connectivity index (χ1) is 12.2. The molecule has 128 valence electrons. The van der Waals surface area contributed by atoms with Gasteiger partial charge in [-0.05, 0) is 30.9 Å². The molecule has 0 N–H and O–H groups in total. The number of carbonyl (C=O) groups excluding carboxylic acids is 1. The Labute approximate surface area is 148 Å². The Kier molecular flexibility index (Phi) is 4.31. The maximum Gasteiger partial charge on any atom is 0.411 e. The Morgan fingerprint density at radius 3 is 2.48 bits per heavy atom. The molecule has 2 aromatic rings. The van der Waals surface area contributed by atoms with Gasteiger partial charge in [0.15, 0.2) is 0 Å². The molecule has 25 heavy (non-hydrogen) atoms. The van der Waals surface area contributed by atoms with Crippen LogP contribution in [0.2, 0.25) is 0 Å². The molecule has 3 atom stereocenters. The van der Waals surface area contributed by atoms with E-state index in [0.29, 0.717) is 12.5 Å². The number of rotatable bonds is 3. The quantitative estimate of drug-likeness (QED) is 0.738. The second kappa shape index (κ2) is 6.75. The molecule has 1 amide bonds. The van der Waals surface area contributed by atoms with E-state index in [0.717, 1.165) is 18.4 Å². The second-order valence-corrected chi connectivity index (χ2v) is 7.00. The Hall–Kier alpha value is -2.55. The van der Waals surface area contributed by atoms with E-state index in [1.54, 1.807) is 0 Å². The van der Waals surface area contributed by atoms with Gasteiger partial charge in [-0.3, -0.25) is 4.90 Å². The lowest BCUT2D eigenvalue weighted by Crippen LogP contribution is -2.50. The second-order valence-electron chi connectivity index (χ2n) is 7.00. The zero-order chi connectivity index (χ0) is 17.2. The van der Waals surface area contributed by atoms with E-state index in [2.05, 4.69) is 43.3 Å². The minimum Gasteiger partial charge on any atom is -0.445 e. The third-order valence-electron chi connectivity index (χ3n) is 5.27. The normalized spacial score (nSPS) is 24.4. The molecule has 0 saturated carbocycles. The molecule has 2 heterocycles. The minimum absolute atomic E-state index is 0.0765. The standard InChI is InChI=1S/C22H23NO2/c1-16-7-9-18(10-8-16)21-19-11-13-20(14-12-19)23(21)22(24)25-15-17-5-3-2-4-6-17/h2-11,13,19-21H,12,14-15H2,1H3. The highest BCUT2D eigenvalue weighted by atomic mass is 16.6. The van der Waals surface area contributed by atoms with E-state index >= 15 is 0 Å². The molecule has 3 aliphatic rings. The van der Waals surface area contributed by atoms with Gasteiger partial charge in [-0.2, -0.15) is 0 Å². The lowest BCUT2D eigenvalue weighted by molar-refractivity contribution is 0.0325. The van der Waals surface area contributed by atoms with Gasteiger partial charge < -0.3 is 4.74 Å². The molecule has 1 saturated heterocycles. The van der Waals surface area contributed by atoms with E-state index < -0.39 is 0 Å². The number of fused-ring (bicyclic) bond motifs is 2. The van der Waals surface area contributed by atoms with Crippen molar-refractivity contribution in [1.29, 1.82) is 0 Å². The summed E-state index contributed by atoms with van der Waals surface area (Å²) >= 11 is 0. The maximum absolute atomic E-state index is 12.9. The van der Waals surface area contributed by atoms with Crippen LogP contribution in [0.3, 0.4) is 0 Å². The van der Waals surface area contributed by atoms with Crippen molar-refractivity contribution in [3.63, 3.8) is 0 Å². The van der Waals surface area contributed by atoms with Gasteiger partial charge in [0, 0.05) is 5.92 Å². The highest BCUT2D eigenvalue weighted by molar-refractivity contribution is 5.70. The van der Waals surface area contributed by atoms with Crippen molar-refractivity contribution < 1.29 is 9.53 Å². The van der Waals surface area contributed by atoms with Gasteiger partial charge in [-0.15, -0.1) is 0 Å². The van der Waals surface area contributed by atoms with E-state index in [1.165, 1.54) is 11.1 Å². The first-order valence-electron chi connectivity index (χ1n) is 8.96. The molecule has 1 aliphatic carbocycles. The Bertz CT molecular complexity index is 766. The summed E-state index contributed by atoms with van der Waals surface area (Å²) in [6.07, 6.45) is 6.38. The lowest BCUT2D eigenvalue weighted by atomic mass is 9.77. The molecule has 2 bridgehead atoms. The van der Waals surface area contributed by atoms with Crippen LogP contribution in [0, 0.1) is 12.8 Å². The smallest absolute Gasteiger partial charge is 0.411 e. The molecule has 2 aliphatic heterocycles. The van der Waals surface area contributed by atoms with E-state index in [1.807, 2.05) is 35.2 Å². The summed E-state index contributed by atoms with van der Waals surface area (Å²) < 4.78 is 5.65. The van der Waals surface area contributed by atoms with Crippen LogP contribution in [-0.4, -0.2) is 17.0 Å². The molecular weight excluding hydrogens is 310 g/mol. The summed E-state index contributed by atoms with van der Waals surface area (Å²) in [6, 6.07) is 18.6. The molecule has 0 radical (unpaired) electrons. The molecule has 1 fully saturated rings. The fourth-order valence-electron chi connectivity index (χ4n) is 3.95. The molecule has 5 rings (SSSR count). The minimum atomic E-state index is -0.214. The summed E-state index contributed by atoms with van der Waals surface area (Å²) in [7, 11) is 0. The van der Waals surface area contributed by atoms with Crippen molar-refractivity contribution in [3.8, 4) is 0 Å². The number of hydrogen-bond donors (Lipinski definition) is 0. The molecule has 3 heteroatoms. The number of piperidine rings is 1. The summed E-state index contributed by atoms with van der Waals surface area (Å²) in [4.78, 5) is 14.8. The Balaban J connectivity index is 1.56. The topological polar surface area (TPSA) is 29.5 Å². The van der Waals surface area contributed by atoms with Crippen LogP contribution in [0.1, 0.15) is 35.6 Å². The van der Waals surface area contributed by atoms with Gasteiger partial charge in [0.05, 0.1) is 12.1 Å². The highest BCUT2D eigenvalue weighted by Gasteiger charge is 2.42. The van der Waals surface area contributed by atoms with E-state index in [-0.39, 0.29) is 18.2 Å². The lowest BCUT2D eigenvalue weighted by Gasteiger charge is -2.47. The fraction of sp³-hybridized carbons (Fsp3) is 0.318. The first-order valence-corrected chi connectivity index (χ1v) is 8.96. The van der Waals surface area contributed by atoms with Gasteiger partial charge in [0.1, 0.15) is 6.61 Å². The first kappa shape index (κ1) is 15.9. The van der Waals surface area contributed by atoms with Gasteiger partial charge in [-0.1, -0.05) is 72.3 Å². The predicted octanol–water partition coefficient (Wildman–Crippen LogP) is 5.02. The number of carbonyl (C=O) groups is 1. The molecule has 2 aromatic carbocycles. The van der Waals surface area contributed by atoms with Crippen LogP contribution in [-0.2, 0) is 11.3 Å². The molecule has 0 aromatic heterocycles. The number of ether oxygens (including phenoxy) is 1. The van der Waals surface area contributed by atoms with E-state index in [4.69, 9.17) is 4.74 Å². The fourth-order valence-corrected chi connectivity index (χ4v) is 3.95. The zero-order valence-corrected chi connectivity index (χ0v) is 14.5. The third kappa shape index (κ3) is 3.19. The van der Waals surface area contributed by atoms with Gasteiger partial charge in [0.25, 0.3) is 0 Å². The molecule has 3 unspecified atom stereocenters. The average Bonchev–Trinajstić information content (AvgIpc) is 2.68. The monoisotopic (exact) mass is 333 g/mol. The summed E-state index contributed by atoms with van der Waals surface area (Å²) in [6.45, 7) is 2.40. The largest absolute Gasteiger partial charge is 0.445 e. The van der Waals surface area contributed by atoms with Crippen molar-refractivity contribution in [2.45, 2.75) is 38.5 Å². The van der Waals surface area contributed by atoms with Crippen molar-refractivity contribution in [2.75, 3.05) is 0 Å². The van der Waals surface area contributed by atoms with Crippen LogP contribution in [0.4, 0.5) is 4.79 Å². The average molecular weight is 333 g/mol. The number of nitrogens with zero attached hydrogens (tertiary/aromatic N) is 1. The summed E-state index contributed by atoms with van der Waals surface area (Å²) in [5, 5.41) is 0. The van der Waals surface area contributed by atoms with Crippen LogP contribution >= 0.6 is 0 Å². The number of amides is 1. The van der Waals surface area contributed by atoms with Crippen LogP contribution in [0.25, 0.3) is 0 Å². The van der Waals surface area contributed by atoms with Crippen molar-refractivity contribution in [2.24, 2.45) is 5.92 Å². The Morgan fingerprint density at radius 2 is 1.80 bits per heavy atom. The van der Waals surface area contributed by atoms with Crippen molar-refractivity contribution in [1.82, 2.24) is 4.90 Å². The van der Waals surface area contributed by atoms with Gasteiger partial charge in [-0.25, -0.2) is 4.79 Å². The molecular formula is C22H23NO2. The van der Waals surface area contributed by atoms with Crippen molar-refractivity contribution in [3.05, 3.63) is 83.4 Å². The molecule has 3 nitrogen and oxygen atoms in total. The maximum atomic E-state index is 12.9. The summed E-state index contributed by atoms with van der Waals surface area (Å²) in [5.41, 5.74) is 3.44. The Morgan fingerprint density at radius 1 is 1.04 bits per heavy atom. The zero-order valence-electron chi connectivity index (χ0n) is 14.5. The van der Waals surface area contributed by atoms with Crippen LogP contribution in [0.15, 0.2) is 66.7 Å². The van der Waals surface area contributed by atoms with Crippen molar-refractivity contribution >= 4 is 6.09 Å². The van der Waals surface area contributed by atoms with Crippen LogP contribution in [0.5, 0.6) is 0 Å². The van der Waals surface area contributed by atoms with Gasteiger partial charge in [0.2, 0.25) is 0 Å². The highest BCUT2D eigenvalue weighted by Crippen LogP contribution is 2.44. The third-order valence-corrected chi connectivity index (χ3v) is 5.27. The summed E-state index contributed by atoms with van der Waals surface area (Å²) in [5.74, 6) is 0.372. The van der Waals surface area contributed by atoms with E-state index in [9.17, 15) is 4.79 Å². The number of aryl methyl sites for hydroxylation is 1.